The van der Waals surface area contributed by atoms with Crippen LogP contribution in [0.5, 0.6) is 0 Å². The first-order valence-corrected chi connectivity index (χ1v) is 8.74. The average Bonchev–Trinajstić information content (AvgIpc) is 2.88. The Morgan fingerprint density at radius 2 is 1.68 bits per heavy atom. The smallest absolute Gasteiger partial charge is 0.0194 e. The van der Waals surface area contributed by atoms with Crippen molar-refractivity contribution in [1.29, 1.82) is 0 Å². The largest absolute Gasteiger partial charge is 0.313 e. The molecule has 0 aromatic heterocycles. The van der Waals surface area contributed by atoms with Crippen molar-refractivity contribution in [2.24, 2.45) is 5.41 Å². The molecule has 1 unspecified atom stereocenters. The molecule has 2 heteroatoms. The summed E-state index contributed by atoms with van der Waals surface area (Å²) in [7, 11) is 0. The highest BCUT2D eigenvalue weighted by Crippen LogP contribution is 2.46. The van der Waals surface area contributed by atoms with Gasteiger partial charge in [0, 0.05) is 12.6 Å². The molecule has 1 saturated carbocycles. The van der Waals surface area contributed by atoms with Gasteiger partial charge in [-0.2, -0.15) is 0 Å². The lowest BCUT2D eigenvalue weighted by Gasteiger charge is -2.40. The normalized spacial score (nSPS) is 24.9. The molecule has 1 aliphatic carbocycles. The third-order valence-electron chi connectivity index (χ3n) is 5.38. The number of rotatable bonds is 7. The van der Waals surface area contributed by atoms with Crippen LogP contribution < -0.4 is 5.32 Å². The Morgan fingerprint density at radius 3 is 2.26 bits per heavy atom. The summed E-state index contributed by atoms with van der Waals surface area (Å²) >= 11 is 0. The van der Waals surface area contributed by atoms with E-state index in [2.05, 4.69) is 24.1 Å². The number of piperidine rings is 1. The molecular weight excluding hydrogens is 232 g/mol. The standard InChI is InChI=1S/C17H34N2/c1-3-7-16(18-12-4-2)15-19-13-10-17(11-14-19)8-5-6-9-17/h16,18H,3-15H2,1-2H3. The highest BCUT2D eigenvalue weighted by atomic mass is 15.2. The Labute approximate surface area is 120 Å². The first-order chi connectivity index (χ1) is 9.28. The maximum Gasteiger partial charge on any atom is 0.0194 e. The van der Waals surface area contributed by atoms with E-state index in [1.54, 1.807) is 0 Å². The molecule has 0 amide bonds. The first-order valence-electron chi connectivity index (χ1n) is 8.74. The minimum atomic E-state index is 0.725. The maximum atomic E-state index is 3.74. The Morgan fingerprint density at radius 1 is 1.00 bits per heavy atom. The van der Waals surface area contributed by atoms with Gasteiger partial charge in [0.15, 0.2) is 0 Å². The molecule has 112 valence electrons. The van der Waals surface area contributed by atoms with Gasteiger partial charge in [-0.15, -0.1) is 0 Å². The molecular formula is C17H34N2. The van der Waals surface area contributed by atoms with Gasteiger partial charge in [0.2, 0.25) is 0 Å². The predicted molar refractivity (Wildman–Crippen MR) is 83.6 cm³/mol. The van der Waals surface area contributed by atoms with Crippen LogP contribution in [0.15, 0.2) is 0 Å². The Balaban J connectivity index is 1.73. The van der Waals surface area contributed by atoms with Crippen LogP contribution in [-0.2, 0) is 0 Å². The molecule has 1 aliphatic heterocycles. The van der Waals surface area contributed by atoms with Crippen molar-refractivity contribution in [2.75, 3.05) is 26.2 Å². The summed E-state index contributed by atoms with van der Waals surface area (Å²) in [5.41, 5.74) is 0.771. The minimum absolute atomic E-state index is 0.725. The topological polar surface area (TPSA) is 15.3 Å². The molecule has 1 spiro atoms. The lowest BCUT2D eigenvalue weighted by molar-refractivity contribution is 0.0993. The zero-order chi connectivity index (χ0) is 13.6. The van der Waals surface area contributed by atoms with Crippen LogP contribution in [0.3, 0.4) is 0 Å². The third-order valence-corrected chi connectivity index (χ3v) is 5.38. The van der Waals surface area contributed by atoms with E-state index in [4.69, 9.17) is 0 Å². The Hall–Kier alpha value is -0.0800. The molecule has 19 heavy (non-hydrogen) atoms. The predicted octanol–water partition coefficient (Wildman–Crippen LogP) is 3.81. The van der Waals surface area contributed by atoms with E-state index in [1.165, 1.54) is 84.0 Å². The first kappa shape index (κ1) is 15.3. The fraction of sp³-hybridized carbons (Fsp3) is 1.00. The number of nitrogens with one attached hydrogen (secondary N) is 1. The maximum absolute atomic E-state index is 3.74. The number of likely N-dealkylation sites (tertiary alicyclic amines) is 1. The highest BCUT2D eigenvalue weighted by molar-refractivity contribution is 4.90. The molecule has 2 fully saturated rings. The molecule has 0 bridgehead atoms. The van der Waals surface area contributed by atoms with Gasteiger partial charge in [-0.1, -0.05) is 33.1 Å². The van der Waals surface area contributed by atoms with Crippen molar-refractivity contribution in [3.05, 3.63) is 0 Å². The van der Waals surface area contributed by atoms with Crippen molar-refractivity contribution < 1.29 is 0 Å². The average molecular weight is 266 g/mol. The molecule has 0 radical (unpaired) electrons. The molecule has 1 atom stereocenters. The van der Waals surface area contributed by atoms with E-state index in [-0.39, 0.29) is 0 Å². The van der Waals surface area contributed by atoms with Crippen LogP contribution in [0.2, 0.25) is 0 Å². The second-order valence-electron chi connectivity index (χ2n) is 6.95. The molecule has 0 aromatic carbocycles. The van der Waals surface area contributed by atoms with E-state index in [0.29, 0.717) is 0 Å². The summed E-state index contributed by atoms with van der Waals surface area (Å²) in [5.74, 6) is 0. The molecule has 1 saturated heterocycles. The molecule has 2 aliphatic rings. The van der Waals surface area contributed by atoms with Gasteiger partial charge in [-0.25, -0.2) is 0 Å². The van der Waals surface area contributed by atoms with Crippen molar-refractivity contribution in [3.63, 3.8) is 0 Å². The summed E-state index contributed by atoms with van der Waals surface area (Å²) in [6, 6.07) is 0.725. The van der Waals surface area contributed by atoms with Crippen LogP contribution >= 0.6 is 0 Å². The molecule has 0 aromatic rings. The van der Waals surface area contributed by atoms with Crippen LogP contribution in [0.25, 0.3) is 0 Å². The molecule has 2 nitrogen and oxygen atoms in total. The summed E-state index contributed by atoms with van der Waals surface area (Å²) in [5, 5.41) is 3.74. The van der Waals surface area contributed by atoms with E-state index in [0.717, 1.165) is 11.5 Å². The summed E-state index contributed by atoms with van der Waals surface area (Å²) < 4.78 is 0. The van der Waals surface area contributed by atoms with Crippen LogP contribution in [0, 0.1) is 5.41 Å². The molecule has 1 N–H and O–H groups in total. The lowest BCUT2D eigenvalue weighted by atomic mass is 9.77. The second kappa shape index (κ2) is 7.64. The van der Waals surface area contributed by atoms with Gasteiger partial charge in [-0.3, -0.25) is 0 Å². The minimum Gasteiger partial charge on any atom is -0.313 e. The zero-order valence-electron chi connectivity index (χ0n) is 13.2. The van der Waals surface area contributed by atoms with Crippen LogP contribution in [-0.4, -0.2) is 37.1 Å². The Bertz CT molecular complexity index is 236. The van der Waals surface area contributed by atoms with E-state index in [9.17, 15) is 0 Å². The number of nitrogens with zero attached hydrogens (tertiary/aromatic N) is 1. The van der Waals surface area contributed by atoms with Crippen molar-refractivity contribution >= 4 is 0 Å². The van der Waals surface area contributed by atoms with Gasteiger partial charge in [0.1, 0.15) is 0 Å². The van der Waals surface area contributed by atoms with Gasteiger partial charge >= 0.3 is 0 Å². The quantitative estimate of drug-likeness (QED) is 0.754. The van der Waals surface area contributed by atoms with E-state index in [1.807, 2.05) is 0 Å². The number of hydrogen-bond donors (Lipinski definition) is 1. The SMILES string of the molecule is CCCNC(CCC)CN1CCC2(CCCC2)CC1. The van der Waals surface area contributed by atoms with Gasteiger partial charge in [0.25, 0.3) is 0 Å². The lowest BCUT2D eigenvalue weighted by Crippen LogP contribution is -2.46. The Kier molecular flexibility index (Phi) is 6.15. The zero-order valence-corrected chi connectivity index (χ0v) is 13.2. The fourth-order valence-electron chi connectivity index (χ4n) is 4.10. The second-order valence-corrected chi connectivity index (χ2v) is 6.95. The van der Waals surface area contributed by atoms with Crippen LogP contribution in [0.4, 0.5) is 0 Å². The molecule has 2 rings (SSSR count). The van der Waals surface area contributed by atoms with Crippen molar-refractivity contribution in [2.45, 2.75) is 77.7 Å². The van der Waals surface area contributed by atoms with Gasteiger partial charge in [0.05, 0.1) is 0 Å². The van der Waals surface area contributed by atoms with Gasteiger partial charge in [-0.05, 0) is 63.6 Å². The molecule has 1 heterocycles. The fourth-order valence-corrected chi connectivity index (χ4v) is 4.10. The van der Waals surface area contributed by atoms with Crippen molar-refractivity contribution in [3.8, 4) is 0 Å². The summed E-state index contributed by atoms with van der Waals surface area (Å²) in [4.78, 5) is 2.73. The number of hydrogen-bond acceptors (Lipinski definition) is 2. The van der Waals surface area contributed by atoms with Crippen LogP contribution in [0.1, 0.15) is 71.6 Å². The third kappa shape index (κ3) is 4.46. The van der Waals surface area contributed by atoms with E-state index >= 15 is 0 Å². The summed E-state index contributed by atoms with van der Waals surface area (Å²) in [6.45, 7) is 9.75. The van der Waals surface area contributed by atoms with Crippen molar-refractivity contribution in [1.82, 2.24) is 10.2 Å². The monoisotopic (exact) mass is 266 g/mol. The van der Waals surface area contributed by atoms with Gasteiger partial charge < -0.3 is 10.2 Å². The summed E-state index contributed by atoms with van der Waals surface area (Å²) in [6.07, 6.45) is 12.9. The highest BCUT2D eigenvalue weighted by Gasteiger charge is 2.36. The van der Waals surface area contributed by atoms with E-state index < -0.39 is 0 Å².